The highest BCUT2D eigenvalue weighted by atomic mass is 79.9. The fourth-order valence-electron chi connectivity index (χ4n) is 0.340. The highest BCUT2D eigenvalue weighted by Crippen LogP contribution is 2.09. The lowest BCUT2D eigenvalue weighted by Crippen LogP contribution is -1.92. The predicted molar refractivity (Wildman–Crippen MR) is 56.5 cm³/mol. The lowest BCUT2D eigenvalue weighted by atomic mass is 10.4. The Morgan fingerprint density at radius 3 is 2.18 bits per heavy atom. The van der Waals surface area contributed by atoms with Crippen LogP contribution >= 0.6 is 15.9 Å². The van der Waals surface area contributed by atoms with E-state index in [0.29, 0.717) is 5.70 Å². The maximum Gasteiger partial charge on any atom is 0.0452 e. The molecule has 0 amide bonds. The van der Waals surface area contributed by atoms with E-state index in [9.17, 15) is 0 Å². The summed E-state index contributed by atoms with van der Waals surface area (Å²) in [6.45, 7) is 9.45. The van der Waals surface area contributed by atoms with Gasteiger partial charge in [0.1, 0.15) is 0 Å². The summed E-state index contributed by atoms with van der Waals surface area (Å²) < 4.78 is 0.875. The van der Waals surface area contributed by atoms with Crippen LogP contribution in [0.1, 0.15) is 20.8 Å². The fraction of sp³-hybridized carbons (Fsp3) is 0.333. The van der Waals surface area contributed by atoms with E-state index in [1.807, 2.05) is 32.9 Å². The molecule has 0 fully saturated rings. The Morgan fingerprint density at radius 1 is 1.45 bits per heavy atom. The summed E-state index contributed by atoms with van der Waals surface area (Å²) in [5, 5.41) is 0. The fourth-order valence-corrected chi connectivity index (χ4v) is 0.766. The molecule has 0 aromatic carbocycles. The van der Waals surface area contributed by atoms with Crippen molar-refractivity contribution in [3.8, 4) is 0 Å². The van der Waals surface area contributed by atoms with Crippen LogP contribution in [0, 0.1) is 0 Å². The van der Waals surface area contributed by atoms with Crippen LogP contribution in [0.2, 0.25) is 0 Å². The standard InChI is InChI=1S/C7H10BrN.C2H6/c1-3-5-6(8)7(9)4-2;1-2/h3-5H,2,9H2,1H3;1-2H3/b5-3-,7-6-;. The Hall–Kier alpha value is -0.500. The van der Waals surface area contributed by atoms with Gasteiger partial charge in [-0.25, -0.2) is 0 Å². The first-order valence-electron chi connectivity index (χ1n) is 3.62. The molecule has 64 valence electrons. The number of hydrogen-bond acceptors (Lipinski definition) is 1. The zero-order chi connectivity index (χ0) is 9.28. The van der Waals surface area contributed by atoms with Crippen molar-refractivity contribution in [2.45, 2.75) is 20.8 Å². The monoisotopic (exact) mass is 217 g/mol. The lowest BCUT2D eigenvalue weighted by molar-refractivity contribution is 1.42. The lowest BCUT2D eigenvalue weighted by Gasteiger charge is -1.91. The molecule has 2 N–H and O–H groups in total. The van der Waals surface area contributed by atoms with Gasteiger partial charge in [0.05, 0.1) is 0 Å². The van der Waals surface area contributed by atoms with Crippen LogP contribution in [-0.4, -0.2) is 0 Å². The van der Waals surface area contributed by atoms with E-state index in [-0.39, 0.29) is 0 Å². The molecule has 0 rings (SSSR count). The van der Waals surface area contributed by atoms with E-state index in [0.717, 1.165) is 4.48 Å². The van der Waals surface area contributed by atoms with E-state index < -0.39 is 0 Å². The van der Waals surface area contributed by atoms with Crippen molar-refractivity contribution in [1.82, 2.24) is 0 Å². The molecule has 2 heteroatoms. The van der Waals surface area contributed by atoms with Gasteiger partial charge in [-0.05, 0) is 28.9 Å². The molecule has 0 unspecified atom stereocenters. The summed E-state index contributed by atoms with van der Waals surface area (Å²) in [5.74, 6) is 0. The third kappa shape index (κ3) is 7.40. The second-order valence-corrected chi connectivity index (χ2v) is 2.36. The summed E-state index contributed by atoms with van der Waals surface area (Å²) in [6, 6.07) is 0. The van der Waals surface area contributed by atoms with Crippen molar-refractivity contribution < 1.29 is 0 Å². The molecule has 0 aliphatic rings. The Labute approximate surface area is 77.8 Å². The summed E-state index contributed by atoms with van der Waals surface area (Å²) in [5.41, 5.74) is 6.13. The highest BCUT2D eigenvalue weighted by molar-refractivity contribution is 9.11. The normalized spacial score (nSPS) is 11.6. The molecule has 0 aromatic heterocycles. The summed E-state index contributed by atoms with van der Waals surface area (Å²) >= 11 is 3.26. The molecule has 0 heterocycles. The van der Waals surface area contributed by atoms with Crippen molar-refractivity contribution in [2.24, 2.45) is 5.73 Å². The van der Waals surface area contributed by atoms with Crippen molar-refractivity contribution >= 4 is 15.9 Å². The minimum atomic E-state index is 0.660. The van der Waals surface area contributed by atoms with E-state index in [1.54, 1.807) is 6.08 Å². The Bertz CT molecular complexity index is 157. The number of nitrogens with two attached hydrogens (primary N) is 1. The summed E-state index contributed by atoms with van der Waals surface area (Å²) in [6.07, 6.45) is 5.38. The van der Waals surface area contributed by atoms with E-state index in [4.69, 9.17) is 5.73 Å². The first-order chi connectivity index (χ1) is 5.22. The third-order valence-electron chi connectivity index (χ3n) is 0.809. The number of hydrogen-bond donors (Lipinski definition) is 1. The van der Waals surface area contributed by atoms with Gasteiger partial charge in [-0.3, -0.25) is 0 Å². The van der Waals surface area contributed by atoms with Gasteiger partial charge in [0, 0.05) is 10.2 Å². The number of halogens is 1. The van der Waals surface area contributed by atoms with Crippen LogP contribution in [0.4, 0.5) is 0 Å². The molecule has 0 atom stereocenters. The number of allylic oxidation sites excluding steroid dienone is 4. The van der Waals surface area contributed by atoms with Gasteiger partial charge in [0.15, 0.2) is 0 Å². The highest BCUT2D eigenvalue weighted by Gasteiger charge is 1.86. The number of rotatable bonds is 2. The molecular formula is C9H16BrN. The molecule has 0 aromatic rings. The molecular weight excluding hydrogens is 202 g/mol. The van der Waals surface area contributed by atoms with Crippen LogP contribution in [0.25, 0.3) is 0 Å². The van der Waals surface area contributed by atoms with E-state index in [2.05, 4.69) is 22.5 Å². The molecule has 0 radical (unpaired) electrons. The van der Waals surface area contributed by atoms with Gasteiger partial charge in [0.25, 0.3) is 0 Å². The van der Waals surface area contributed by atoms with Crippen LogP contribution in [-0.2, 0) is 0 Å². The van der Waals surface area contributed by atoms with E-state index in [1.165, 1.54) is 0 Å². The van der Waals surface area contributed by atoms with E-state index >= 15 is 0 Å². The van der Waals surface area contributed by atoms with Crippen LogP contribution in [0.15, 0.2) is 35.0 Å². The Morgan fingerprint density at radius 2 is 1.91 bits per heavy atom. The first kappa shape index (κ1) is 13.1. The molecule has 0 bridgehead atoms. The molecule has 0 saturated carbocycles. The van der Waals surface area contributed by atoms with Crippen LogP contribution in [0.3, 0.4) is 0 Å². The predicted octanol–water partition coefficient (Wildman–Crippen LogP) is 3.34. The van der Waals surface area contributed by atoms with Crippen molar-refractivity contribution in [1.29, 1.82) is 0 Å². The summed E-state index contributed by atoms with van der Waals surface area (Å²) in [4.78, 5) is 0. The quantitative estimate of drug-likeness (QED) is 0.706. The second kappa shape index (κ2) is 9.50. The van der Waals surface area contributed by atoms with Crippen molar-refractivity contribution in [3.63, 3.8) is 0 Å². The maximum atomic E-state index is 5.47. The van der Waals surface area contributed by atoms with Gasteiger partial charge in [-0.2, -0.15) is 0 Å². The molecule has 11 heavy (non-hydrogen) atoms. The third-order valence-corrected chi connectivity index (χ3v) is 1.53. The molecule has 0 aliphatic carbocycles. The Balaban J connectivity index is 0. The average molecular weight is 218 g/mol. The van der Waals surface area contributed by atoms with Crippen LogP contribution in [0.5, 0.6) is 0 Å². The second-order valence-electron chi connectivity index (χ2n) is 1.51. The van der Waals surface area contributed by atoms with Crippen molar-refractivity contribution in [2.75, 3.05) is 0 Å². The molecule has 0 saturated heterocycles. The SMILES string of the molecule is C=C/C(N)=C(Br)\C=C/C.CC. The molecule has 1 nitrogen and oxygen atoms in total. The molecule has 0 aliphatic heterocycles. The Kier molecular flexibility index (Phi) is 11.3. The summed E-state index contributed by atoms with van der Waals surface area (Å²) in [7, 11) is 0. The first-order valence-corrected chi connectivity index (χ1v) is 4.42. The molecule has 0 spiro atoms. The van der Waals surface area contributed by atoms with Crippen molar-refractivity contribution in [3.05, 3.63) is 35.0 Å². The smallest absolute Gasteiger partial charge is 0.0452 e. The zero-order valence-electron chi connectivity index (χ0n) is 7.39. The topological polar surface area (TPSA) is 26.0 Å². The minimum absolute atomic E-state index is 0.660. The van der Waals surface area contributed by atoms with Gasteiger partial charge < -0.3 is 5.73 Å². The van der Waals surface area contributed by atoms with Gasteiger partial charge in [-0.15, -0.1) is 0 Å². The average Bonchev–Trinajstić information content (AvgIpc) is 2.07. The minimum Gasteiger partial charge on any atom is -0.398 e. The largest absolute Gasteiger partial charge is 0.398 e. The van der Waals surface area contributed by atoms with Crippen LogP contribution < -0.4 is 5.73 Å². The zero-order valence-corrected chi connectivity index (χ0v) is 8.98. The van der Waals surface area contributed by atoms with Gasteiger partial charge in [-0.1, -0.05) is 32.6 Å². The van der Waals surface area contributed by atoms with Gasteiger partial charge in [0.2, 0.25) is 0 Å². The van der Waals surface area contributed by atoms with Gasteiger partial charge >= 0.3 is 0 Å². The maximum absolute atomic E-state index is 5.47.